The number of amides is 1. The fraction of sp³-hybridized carbons (Fsp3) is 0.615. The number of hydrogen-bond acceptors (Lipinski definition) is 4. The van der Waals surface area contributed by atoms with Crippen LogP contribution in [0.5, 0.6) is 0 Å². The van der Waals surface area contributed by atoms with Gasteiger partial charge in [0.2, 0.25) is 5.91 Å². The van der Waals surface area contributed by atoms with Crippen LogP contribution in [-0.4, -0.2) is 48.4 Å². The van der Waals surface area contributed by atoms with Gasteiger partial charge in [-0.1, -0.05) is 0 Å². The number of piperazine rings is 1. The Kier molecular flexibility index (Phi) is 4.04. The van der Waals surface area contributed by atoms with Crippen molar-refractivity contribution in [3.05, 3.63) is 23.7 Å². The van der Waals surface area contributed by atoms with Crippen LogP contribution in [0.15, 0.2) is 16.5 Å². The molecule has 1 saturated heterocycles. The lowest BCUT2D eigenvalue weighted by molar-refractivity contribution is -0.130. The SMILES string of the molecule is CC(=O)N1CCN(CC(N)c2ccc(C)o2)CC1. The molecular weight excluding hydrogens is 230 g/mol. The third-order valence-electron chi connectivity index (χ3n) is 3.40. The summed E-state index contributed by atoms with van der Waals surface area (Å²) in [6.07, 6.45) is 0. The quantitative estimate of drug-likeness (QED) is 0.861. The van der Waals surface area contributed by atoms with E-state index in [9.17, 15) is 4.79 Å². The monoisotopic (exact) mass is 251 g/mol. The zero-order valence-corrected chi connectivity index (χ0v) is 11.1. The smallest absolute Gasteiger partial charge is 0.219 e. The molecule has 100 valence electrons. The Bertz CT molecular complexity index is 408. The van der Waals surface area contributed by atoms with E-state index in [0.29, 0.717) is 0 Å². The maximum atomic E-state index is 11.2. The molecule has 1 aliphatic heterocycles. The summed E-state index contributed by atoms with van der Waals surface area (Å²) in [5.74, 6) is 1.88. The molecular formula is C13H21N3O2. The van der Waals surface area contributed by atoms with Crippen LogP contribution in [0.25, 0.3) is 0 Å². The maximum absolute atomic E-state index is 11.2. The molecule has 2 rings (SSSR count). The Hall–Kier alpha value is -1.33. The zero-order valence-electron chi connectivity index (χ0n) is 11.1. The molecule has 0 radical (unpaired) electrons. The van der Waals surface area contributed by atoms with Crippen molar-refractivity contribution in [1.82, 2.24) is 9.80 Å². The van der Waals surface area contributed by atoms with Crippen LogP contribution >= 0.6 is 0 Å². The summed E-state index contributed by atoms with van der Waals surface area (Å²) in [4.78, 5) is 15.4. The van der Waals surface area contributed by atoms with Crippen LogP contribution in [0.2, 0.25) is 0 Å². The molecule has 18 heavy (non-hydrogen) atoms. The number of nitrogens with zero attached hydrogens (tertiary/aromatic N) is 2. The van der Waals surface area contributed by atoms with Crippen molar-refractivity contribution in [3.63, 3.8) is 0 Å². The second-order valence-corrected chi connectivity index (χ2v) is 4.86. The highest BCUT2D eigenvalue weighted by atomic mass is 16.3. The molecule has 1 atom stereocenters. The number of furan rings is 1. The third kappa shape index (κ3) is 3.11. The fourth-order valence-corrected chi connectivity index (χ4v) is 2.27. The summed E-state index contributed by atoms with van der Waals surface area (Å²) < 4.78 is 5.53. The molecule has 0 bridgehead atoms. The van der Waals surface area contributed by atoms with Crippen molar-refractivity contribution in [2.45, 2.75) is 19.9 Å². The van der Waals surface area contributed by atoms with E-state index in [0.717, 1.165) is 44.2 Å². The minimum Gasteiger partial charge on any atom is -0.465 e. The average molecular weight is 251 g/mol. The van der Waals surface area contributed by atoms with E-state index >= 15 is 0 Å². The normalized spacial score (nSPS) is 18.9. The summed E-state index contributed by atoms with van der Waals surface area (Å²) >= 11 is 0. The van der Waals surface area contributed by atoms with Gasteiger partial charge in [0.25, 0.3) is 0 Å². The van der Waals surface area contributed by atoms with Crippen LogP contribution in [0, 0.1) is 6.92 Å². The van der Waals surface area contributed by atoms with Crippen LogP contribution in [-0.2, 0) is 4.79 Å². The summed E-state index contributed by atoms with van der Waals surface area (Å²) in [5.41, 5.74) is 6.12. The largest absolute Gasteiger partial charge is 0.465 e. The molecule has 5 heteroatoms. The van der Waals surface area contributed by atoms with Gasteiger partial charge in [-0.25, -0.2) is 0 Å². The van der Waals surface area contributed by atoms with Crippen molar-refractivity contribution >= 4 is 5.91 Å². The lowest BCUT2D eigenvalue weighted by atomic mass is 10.2. The fourth-order valence-electron chi connectivity index (χ4n) is 2.27. The van der Waals surface area contributed by atoms with Crippen molar-refractivity contribution in [2.75, 3.05) is 32.7 Å². The van der Waals surface area contributed by atoms with Crippen LogP contribution in [0.1, 0.15) is 24.5 Å². The molecule has 5 nitrogen and oxygen atoms in total. The molecule has 2 heterocycles. The lowest BCUT2D eigenvalue weighted by Crippen LogP contribution is -2.49. The van der Waals surface area contributed by atoms with E-state index in [1.165, 1.54) is 0 Å². The van der Waals surface area contributed by atoms with Crippen LogP contribution in [0.4, 0.5) is 0 Å². The number of aryl methyl sites for hydroxylation is 1. The molecule has 0 aromatic carbocycles. The Morgan fingerprint density at radius 1 is 1.39 bits per heavy atom. The van der Waals surface area contributed by atoms with Crippen molar-refractivity contribution in [1.29, 1.82) is 0 Å². The molecule has 1 unspecified atom stereocenters. The van der Waals surface area contributed by atoms with Crippen LogP contribution < -0.4 is 5.73 Å². The van der Waals surface area contributed by atoms with E-state index in [4.69, 9.17) is 10.2 Å². The summed E-state index contributed by atoms with van der Waals surface area (Å²) in [5, 5.41) is 0. The molecule has 0 saturated carbocycles. The van der Waals surface area contributed by atoms with Crippen molar-refractivity contribution in [2.24, 2.45) is 5.73 Å². The highest BCUT2D eigenvalue weighted by Crippen LogP contribution is 2.16. The average Bonchev–Trinajstić information content (AvgIpc) is 2.76. The third-order valence-corrected chi connectivity index (χ3v) is 3.40. The van der Waals surface area contributed by atoms with E-state index in [-0.39, 0.29) is 11.9 Å². The van der Waals surface area contributed by atoms with E-state index in [1.54, 1.807) is 6.92 Å². The predicted octanol–water partition coefficient (Wildman–Crippen LogP) is 0.752. The second kappa shape index (κ2) is 5.54. The molecule has 1 fully saturated rings. The zero-order chi connectivity index (χ0) is 13.1. The minimum absolute atomic E-state index is 0.0948. The summed E-state index contributed by atoms with van der Waals surface area (Å²) in [6.45, 7) is 7.66. The first-order valence-electron chi connectivity index (χ1n) is 6.36. The van der Waals surface area contributed by atoms with Crippen LogP contribution in [0.3, 0.4) is 0 Å². The maximum Gasteiger partial charge on any atom is 0.219 e. The van der Waals surface area contributed by atoms with Crippen molar-refractivity contribution in [3.8, 4) is 0 Å². The number of hydrogen-bond donors (Lipinski definition) is 1. The first kappa shape index (κ1) is 13.1. The van der Waals surface area contributed by atoms with Gasteiger partial charge in [-0.15, -0.1) is 0 Å². The number of carbonyl (C=O) groups excluding carboxylic acids is 1. The first-order valence-corrected chi connectivity index (χ1v) is 6.36. The standard InChI is InChI=1S/C13H21N3O2/c1-10-3-4-13(18-10)12(14)9-15-5-7-16(8-6-15)11(2)17/h3-4,12H,5-9,14H2,1-2H3. The van der Waals surface area contributed by atoms with E-state index < -0.39 is 0 Å². The molecule has 0 spiro atoms. The van der Waals surface area contributed by atoms with Gasteiger partial charge < -0.3 is 15.1 Å². The van der Waals surface area contributed by atoms with Gasteiger partial charge in [0, 0.05) is 39.6 Å². The van der Waals surface area contributed by atoms with Gasteiger partial charge >= 0.3 is 0 Å². The Morgan fingerprint density at radius 3 is 2.56 bits per heavy atom. The molecule has 1 aliphatic rings. The molecule has 2 N–H and O–H groups in total. The topological polar surface area (TPSA) is 62.7 Å². The second-order valence-electron chi connectivity index (χ2n) is 4.86. The molecule has 1 amide bonds. The highest BCUT2D eigenvalue weighted by molar-refractivity contribution is 5.73. The first-order chi connectivity index (χ1) is 8.56. The van der Waals surface area contributed by atoms with Gasteiger partial charge in [0.05, 0.1) is 6.04 Å². The van der Waals surface area contributed by atoms with Gasteiger partial charge in [-0.2, -0.15) is 0 Å². The molecule has 1 aromatic heterocycles. The highest BCUT2D eigenvalue weighted by Gasteiger charge is 2.21. The summed E-state index contributed by atoms with van der Waals surface area (Å²) in [6, 6.07) is 3.77. The number of carbonyl (C=O) groups is 1. The predicted molar refractivity (Wildman–Crippen MR) is 69.1 cm³/mol. The number of nitrogens with two attached hydrogens (primary N) is 1. The Morgan fingerprint density at radius 2 is 2.06 bits per heavy atom. The number of rotatable bonds is 3. The lowest BCUT2D eigenvalue weighted by Gasteiger charge is -2.35. The van der Waals surface area contributed by atoms with E-state index in [1.807, 2.05) is 24.0 Å². The summed E-state index contributed by atoms with van der Waals surface area (Å²) in [7, 11) is 0. The van der Waals surface area contributed by atoms with Gasteiger partial charge in [0.1, 0.15) is 11.5 Å². The Labute approximate surface area is 108 Å². The Balaban J connectivity index is 1.83. The van der Waals surface area contributed by atoms with Crippen molar-refractivity contribution < 1.29 is 9.21 Å². The minimum atomic E-state index is -0.0948. The van der Waals surface area contributed by atoms with Gasteiger partial charge in [-0.05, 0) is 19.1 Å². The van der Waals surface area contributed by atoms with Gasteiger partial charge in [0.15, 0.2) is 0 Å². The van der Waals surface area contributed by atoms with E-state index in [2.05, 4.69) is 4.90 Å². The molecule has 0 aliphatic carbocycles. The molecule has 1 aromatic rings. The van der Waals surface area contributed by atoms with Gasteiger partial charge in [-0.3, -0.25) is 9.69 Å².